The fourth-order valence-electron chi connectivity index (χ4n) is 2.20. The molecule has 0 aliphatic heterocycles. The quantitative estimate of drug-likeness (QED) is 0.753. The zero-order valence-corrected chi connectivity index (χ0v) is 11.6. The number of benzene rings is 2. The number of hydrogen-bond acceptors (Lipinski definition) is 1. The van der Waals surface area contributed by atoms with E-state index >= 15 is 0 Å². The van der Waals surface area contributed by atoms with Crippen LogP contribution in [0.3, 0.4) is 0 Å². The van der Waals surface area contributed by atoms with Gasteiger partial charge in [0.1, 0.15) is 11.6 Å². The highest BCUT2D eigenvalue weighted by Crippen LogP contribution is 2.25. The fraction of sp³-hybridized carbons (Fsp3) is 0.294. The number of rotatable bonds is 6. The van der Waals surface area contributed by atoms with E-state index in [0.29, 0.717) is 0 Å². The summed E-state index contributed by atoms with van der Waals surface area (Å²) in [5, 5.41) is 3.33. The highest BCUT2D eigenvalue weighted by atomic mass is 19.1. The third-order valence-electron chi connectivity index (χ3n) is 3.28. The van der Waals surface area contributed by atoms with Gasteiger partial charge in [0.05, 0.1) is 6.04 Å². The molecule has 0 bridgehead atoms. The zero-order chi connectivity index (χ0) is 14.4. The van der Waals surface area contributed by atoms with Crippen molar-refractivity contribution in [1.29, 1.82) is 0 Å². The molecule has 0 fully saturated rings. The lowest BCUT2D eigenvalue weighted by molar-refractivity contribution is 0.614. The van der Waals surface area contributed by atoms with E-state index in [0.717, 1.165) is 30.5 Å². The molecule has 20 heavy (non-hydrogen) atoms. The molecule has 0 saturated heterocycles. The van der Waals surface area contributed by atoms with Crippen LogP contribution < -0.4 is 5.32 Å². The van der Waals surface area contributed by atoms with Crippen LogP contribution in [0.4, 0.5) is 14.5 Å². The zero-order valence-electron chi connectivity index (χ0n) is 11.6. The van der Waals surface area contributed by atoms with Crippen LogP contribution in [-0.2, 0) is 0 Å². The second kappa shape index (κ2) is 7.04. The molecule has 2 aromatic rings. The summed E-state index contributed by atoms with van der Waals surface area (Å²) in [5.74, 6) is -0.503. The van der Waals surface area contributed by atoms with Crippen molar-refractivity contribution in [3.05, 3.63) is 65.7 Å². The van der Waals surface area contributed by atoms with E-state index in [-0.39, 0.29) is 17.7 Å². The summed E-state index contributed by atoms with van der Waals surface area (Å²) in [4.78, 5) is 0. The lowest BCUT2D eigenvalue weighted by atomic mass is 10.0. The average Bonchev–Trinajstić information content (AvgIpc) is 2.44. The van der Waals surface area contributed by atoms with E-state index in [2.05, 4.69) is 12.2 Å². The number of halogens is 2. The molecule has 2 aromatic carbocycles. The molecule has 0 aromatic heterocycles. The second-order valence-electron chi connectivity index (χ2n) is 4.90. The first-order chi connectivity index (χ1) is 9.69. The molecule has 0 radical (unpaired) electrons. The van der Waals surface area contributed by atoms with Gasteiger partial charge < -0.3 is 5.32 Å². The Morgan fingerprint density at radius 2 is 1.75 bits per heavy atom. The molecule has 0 aliphatic carbocycles. The smallest absolute Gasteiger partial charge is 0.125 e. The van der Waals surface area contributed by atoms with Gasteiger partial charge in [-0.1, -0.05) is 38.0 Å². The fourth-order valence-corrected chi connectivity index (χ4v) is 2.20. The summed E-state index contributed by atoms with van der Waals surface area (Å²) >= 11 is 0. The first kappa shape index (κ1) is 14.5. The van der Waals surface area contributed by atoms with Gasteiger partial charge in [-0.15, -0.1) is 0 Å². The van der Waals surface area contributed by atoms with Crippen LogP contribution >= 0.6 is 0 Å². The van der Waals surface area contributed by atoms with Crippen molar-refractivity contribution >= 4 is 5.69 Å². The molecule has 0 saturated carbocycles. The Morgan fingerprint density at radius 1 is 1.00 bits per heavy atom. The molecular weight excluding hydrogens is 256 g/mol. The highest BCUT2D eigenvalue weighted by Gasteiger charge is 2.11. The van der Waals surface area contributed by atoms with Crippen LogP contribution in [-0.4, -0.2) is 0 Å². The van der Waals surface area contributed by atoms with Crippen LogP contribution in [0.5, 0.6) is 0 Å². The molecular formula is C17H19F2N. The monoisotopic (exact) mass is 275 g/mol. The standard InChI is InChI=1S/C17H19F2N/c1-2-3-7-17(13-8-10-14(18)11-9-13)20-16-6-4-5-15(19)12-16/h4-6,8-12,17,20H,2-3,7H2,1H3. The van der Waals surface area contributed by atoms with Gasteiger partial charge in [0, 0.05) is 5.69 Å². The molecule has 2 rings (SSSR count). The summed E-state index contributed by atoms with van der Waals surface area (Å²) < 4.78 is 26.2. The Hall–Kier alpha value is -1.90. The normalized spacial score (nSPS) is 12.2. The second-order valence-corrected chi connectivity index (χ2v) is 4.90. The average molecular weight is 275 g/mol. The summed E-state index contributed by atoms with van der Waals surface area (Å²) in [5.41, 5.74) is 1.76. The SMILES string of the molecule is CCCCC(Nc1cccc(F)c1)c1ccc(F)cc1. The summed E-state index contributed by atoms with van der Waals surface area (Å²) in [6.07, 6.45) is 3.07. The van der Waals surface area contributed by atoms with Crippen LogP contribution in [0, 0.1) is 11.6 Å². The van der Waals surface area contributed by atoms with E-state index in [1.807, 2.05) is 6.07 Å². The largest absolute Gasteiger partial charge is 0.378 e. The van der Waals surface area contributed by atoms with E-state index in [1.54, 1.807) is 18.2 Å². The van der Waals surface area contributed by atoms with Gasteiger partial charge >= 0.3 is 0 Å². The van der Waals surface area contributed by atoms with Gasteiger partial charge in [-0.3, -0.25) is 0 Å². The lowest BCUT2D eigenvalue weighted by Crippen LogP contribution is -2.11. The van der Waals surface area contributed by atoms with Gasteiger partial charge in [0.15, 0.2) is 0 Å². The Bertz CT molecular complexity index is 537. The van der Waals surface area contributed by atoms with Crippen molar-refractivity contribution in [2.75, 3.05) is 5.32 Å². The third-order valence-corrected chi connectivity index (χ3v) is 3.28. The summed E-state index contributed by atoms with van der Waals surface area (Å²) in [7, 11) is 0. The molecule has 1 atom stereocenters. The minimum Gasteiger partial charge on any atom is -0.378 e. The van der Waals surface area contributed by atoms with Gasteiger partial charge in [-0.25, -0.2) is 8.78 Å². The van der Waals surface area contributed by atoms with Gasteiger partial charge in [0.25, 0.3) is 0 Å². The predicted octanol–water partition coefficient (Wildman–Crippen LogP) is 5.31. The minimum atomic E-state index is -0.261. The van der Waals surface area contributed by atoms with E-state index in [1.165, 1.54) is 24.3 Å². The van der Waals surface area contributed by atoms with Crippen molar-refractivity contribution in [1.82, 2.24) is 0 Å². The molecule has 0 heterocycles. The van der Waals surface area contributed by atoms with Gasteiger partial charge in [-0.2, -0.15) is 0 Å². The molecule has 1 unspecified atom stereocenters. The number of anilines is 1. The van der Waals surface area contributed by atoms with E-state index in [4.69, 9.17) is 0 Å². The maximum absolute atomic E-state index is 13.2. The third kappa shape index (κ3) is 4.05. The summed E-state index contributed by atoms with van der Waals surface area (Å²) in [6, 6.07) is 13.0. The summed E-state index contributed by atoms with van der Waals surface area (Å²) in [6.45, 7) is 2.13. The van der Waals surface area contributed by atoms with Crippen LogP contribution in [0.1, 0.15) is 37.8 Å². The Kier molecular flexibility index (Phi) is 5.10. The van der Waals surface area contributed by atoms with Crippen molar-refractivity contribution in [2.24, 2.45) is 0 Å². The van der Waals surface area contributed by atoms with Crippen molar-refractivity contribution in [2.45, 2.75) is 32.2 Å². The Morgan fingerprint density at radius 3 is 2.40 bits per heavy atom. The number of nitrogens with one attached hydrogen (secondary N) is 1. The Balaban J connectivity index is 2.16. The predicted molar refractivity (Wildman–Crippen MR) is 78.7 cm³/mol. The molecule has 0 aliphatic rings. The minimum absolute atomic E-state index is 0.0670. The molecule has 3 heteroatoms. The molecule has 1 nitrogen and oxygen atoms in total. The molecule has 106 valence electrons. The van der Waals surface area contributed by atoms with Gasteiger partial charge in [0.2, 0.25) is 0 Å². The number of hydrogen-bond donors (Lipinski definition) is 1. The highest BCUT2D eigenvalue weighted by molar-refractivity contribution is 5.45. The Labute approximate surface area is 118 Å². The molecule has 0 amide bonds. The van der Waals surface area contributed by atoms with Crippen LogP contribution in [0.15, 0.2) is 48.5 Å². The maximum atomic E-state index is 13.2. The topological polar surface area (TPSA) is 12.0 Å². The molecule has 1 N–H and O–H groups in total. The van der Waals surface area contributed by atoms with E-state index in [9.17, 15) is 8.78 Å². The van der Waals surface area contributed by atoms with E-state index < -0.39 is 0 Å². The van der Waals surface area contributed by atoms with Crippen LogP contribution in [0.2, 0.25) is 0 Å². The van der Waals surface area contributed by atoms with Crippen LogP contribution in [0.25, 0.3) is 0 Å². The van der Waals surface area contributed by atoms with Gasteiger partial charge in [-0.05, 0) is 42.3 Å². The van der Waals surface area contributed by atoms with Crippen molar-refractivity contribution in [3.8, 4) is 0 Å². The van der Waals surface area contributed by atoms with Crippen molar-refractivity contribution < 1.29 is 8.78 Å². The maximum Gasteiger partial charge on any atom is 0.125 e. The lowest BCUT2D eigenvalue weighted by Gasteiger charge is -2.20. The first-order valence-electron chi connectivity index (χ1n) is 6.96. The molecule has 0 spiro atoms. The van der Waals surface area contributed by atoms with Crippen molar-refractivity contribution in [3.63, 3.8) is 0 Å². The first-order valence-corrected chi connectivity index (χ1v) is 6.96. The number of unbranched alkanes of at least 4 members (excludes halogenated alkanes) is 1.